The molecule has 4 heteroatoms. The summed E-state index contributed by atoms with van der Waals surface area (Å²) in [6.07, 6.45) is 2.56. The Labute approximate surface area is 126 Å². The predicted octanol–water partition coefficient (Wildman–Crippen LogP) is 3.63. The van der Waals surface area contributed by atoms with E-state index in [-0.39, 0.29) is 10.8 Å². The number of amides is 1. The number of likely N-dealkylation sites (tertiary alicyclic amines) is 1. The van der Waals surface area contributed by atoms with Crippen LogP contribution >= 0.6 is 0 Å². The third kappa shape index (κ3) is 2.63. The zero-order valence-corrected chi connectivity index (χ0v) is 13.1. The molecule has 1 saturated carbocycles. The lowest BCUT2D eigenvalue weighted by Crippen LogP contribution is -2.56. The Morgan fingerprint density at radius 3 is 2.71 bits per heavy atom. The quantitative estimate of drug-likeness (QED) is 0.858. The highest BCUT2D eigenvalue weighted by molar-refractivity contribution is 5.66. The average molecular weight is 288 g/mol. The van der Waals surface area contributed by atoms with Crippen molar-refractivity contribution in [3.05, 3.63) is 29.6 Å². The van der Waals surface area contributed by atoms with E-state index in [4.69, 9.17) is 10.1 Å². The van der Waals surface area contributed by atoms with E-state index in [1.807, 2.05) is 0 Å². The van der Waals surface area contributed by atoms with Gasteiger partial charge < -0.3 is 10.0 Å². The maximum Gasteiger partial charge on any atom is 0.407 e. The zero-order chi connectivity index (χ0) is 15.3. The molecule has 3 rings (SSSR count). The minimum absolute atomic E-state index is 0.0723. The van der Waals surface area contributed by atoms with Crippen LogP contribution in [0.4, 0.5) is 4.79 Å². The van der Waals surface area contributed by atoms with Gasteiger partial charge in [0.1, 0.15) is 0 Å². The summed E-state index contributed by atoms with van der Waals surface area (Å²) >= 11 is 0. The Hall–Kier alpha value is -1.58. The van der Waals surface area contributed by atoms with Crippen LogP contribution in [0.25, 0.3) is 0 Å². The summed E-state index contributed by atoms with van der Waals surface area (Å²) in [5.74, 6) is 0.489. The van der Waals surface area contributed by atoms with Gasteiger partial charge in [-0.25, -0.2) is 4.79 Å². The summed E-state index contributed by atoms with van der Waals surface area (Å²) in [5, 5.41) is 9.00. The van der Waals surface area contributed by atoms with Gasteiger partial charge in [-0.05, 0) is 31.4 Å². The van der Waals surface area contributed by atoms with Gasteiger partial charge in [0.05, 0.1) is 0 Å². The van der Waals surface area contributed by atoms with E-state index < -0.39 is 6.09 Å². The summed E-state index contributed by atoms with van der Waals surface area (Å²) in [6.45, 7) is 7.97. The van der Waals surface area contributed by atoms with Gasteiger partial charge in [0.2, 0.25) is 0 Å². The van der Waals surface area contributed by atoms with Gasteiger partial charge in [0.25, 0.3) is 0 Å². The average Bonchev–Trinajstić information content (AvgIpc) is 2.81. The molecule has 0 bridgehead atoms. The van der Waals surface area contributed by atoms with Crippen LogP contribution in [0.5, 0.6) is 0 Å². The van der Waals surface area contributed by atoms with Crippen molar-refractivity contribution in [1.82, 2.24) is 9.88 Å². The predicted molar refractivity (Wildman–Crippen MR) is 81.6 cm³/mol. The summed E-state index contributed by atoms with van der Waals surface area (Å²) in [6, 6.07) is 6.34. The number of hydrogen-bond donors (Lipinski definition) is 1. The van der Waals surface area contributed by atoms with E-state index in [1.165, 1.54) is 10.6 Å². The highest BCUT2D eigenvalue weighted by atomic mass is 16.4. The molecule has 2 aliphatic rings. The second kappa shape index (κ2) is 4.72. The number of aromatic nitrogens is 1. The smallest absolute Gasteiger partial charge is 0.407 e. The lowest BCUT2D eigenvalue weighted by atomic mass is 9.77. The van der Waals surface area contributed by atoms with Gasteiger partial charge in [0, 0.05) is 41.2 Å². The normalized spacial score (nSPS) is 24.1. The maximum absolute atomic E-state index is 10.9. The van der Waals surface area contributed by atoms with Crippen LogP contribution in [0.2, 0.25) is 0 Å². The van der Waals surface area contributed by atoms with Crippen molar-refractivity contribution >= 4 is 6.09 Å². The van der Waals surface area contributed by atoms with Crippen LogP contribution in [-0.2, 0) is 5.41 Å². The molecule has 1 spiro atoms. The van der Waals surface area contributed by atoms with Crippen LogP contribution in [0.15, 0.2) is 18.2 Å². The number of pyridine rings is 1. The Morgan fingerprint density at radius 1 is 1.38 bits per heavy atom. The van der Waals surface area contributed by atoms with Crippen molar-refractivity contribution in [1.29, 1.82) is 0 Å². The first-order chi connectivity index (χ1) is 9.79. The van der Waals surface area contributed by atoms with Crippen LogP contribution in [0.3, 0.4) is 0 Å². The highest BCUT2D eigenvalue weighted by Gasteiger charge is 2.50. The van der Waals surface area contributed by atoms with Gasteiger partial charge in [0.15, 0.2) is 0 Å². The Bertz CT molecular complexity index is 556. The molecule has 4 nitrogen and oxygen atoms in total. The fourth-order valence-corrected chi connectivity index (χ4v) is 3.74. The Morgan fingerprint density at radius 2 is 2.10 bits per heavy atom. The number of nitrogens with zero attached hydrogens (tertiary/aromatic N) is 2. The molecule has 0 radical (unpaired) electrons. The number of hydrogen-bond acceptors (Lipinski definition) is 2. The van der Waals surface area contributed by atoms with Crippen LogP contribution in [0, 0.1) is 5.41 Å². The first-order valence-electron chi connectivity index (χ1n) is 7.74. The first kappa shape index (κ1) is 14.4. The molecule has 1 N–H and O–H groups in total. The van der Waals surface area contributed by atoms with E-state index in [0.717, 1.165) is 25.0 Å². The molecule has 21 heavy (non-hydrogen) atoms. The Balaban J connectivity index is 1.71. The number of rotatable bonds is 1. The van der Waals surface area contributed by atoms with Crippen molar-refractivity contribution in [3.63, 3.8) is 0 Å². The summed E-state index contributed by atoms with van der Waals surface area (Å²) < 4.78 is 0. The van der Waals surface area contributed by atoms with Crippen LogP contribution in [0.1, 0.15) is 57.3 Å². The van der Waals surface area contributed by atoms with Gasteiger partial charge in [-0.15, -0.1) is 0 Å². The highest BCUT2D eigenvalue weighted by Crippen LogP contribution is 2.51. The van der Waals surface area contributed by atoms with Gasteiger partial charge in [-0.3, -0.25) is 4.98 Å². The molecule has 1 amide bonds. The third-order valence-corrected chi connectivity index (χ3v) is 4.98. The van der Waals surface area contributed by atoms with Crippen LogP contribution < -0.4 is 0 Å². The van der Waals surface area contributed by atoms with Crippen molar-refractivity contribution in [2.45, 2.75) is 51.4 Å². The van der Waals surface area contributed by atoms with Gasteiger partial charge in [-0.2, -0.15) is 0 Å². The molecule has 1 saturated heterocycles. The monoisotopic (exact) mass is 288 g/mol. The lowest BCUT2D eigenvalue weighted by molar-refractivity contribution is 0.0141. The van der Waals surface area contributed by atoms with Crippen molar-refractivity contribution in [2.75, 3.05) is 13.1 Å². The van der Waals surface area contributed by atoms with E-state index in [0.29, 0.717) is 19.0 Å². The molecule has 2 heterocycles. The topological polar surface area (TPSA) is 53.4 Å². The summed E-state index contributed by atoms with van der Waals surface area (Å²) in [4.78, 5) is 17.3. The second-order valence-corrected chi connectivity index (χ2v) is 7.78. The molecule has 1 aliphatic carbocycles. The minimum atomic E-state index is -0.781. The Kier molecular flexibility index (Phi) is 3.23. The number of carboxylic acid groups (broad SMARTS) is 1. The van der Waals surface area contributed by atoms with Crippen molar-refractivity contribution < 1.29 is 9.90 Å². The van der Waals surface area contributed by atoms with E-state index in [2.05, 4.69) is 39.0 Å². The molecule has 0 unspecified atom stereocenters. The minimum Gasteiger partial charge on any atom is -0.465 e. The lowest BCUT2D eigenvalue weighted by Gasteiger charge is -2.46. The molecule has 1 aromatic rings. The first-order valence-corrected chi connectivity index (χ1v) is 7.74. The summed E-state index contributed by atoms with van der Waals surface area (Å²) in [5.41, 5.74) is 2.63. The van der Waals surface area contributed by atoms with Gasteiger partial charge in [-0.1, -0.05) is 26.8 Å². The maximum atomic E-state index is 10.9. The molecular weight excluding hydrogens is 264 g/mol. The second-order valence-electron chi connectivity index (χ2n) is 7.78. The number of carbonyl (C=O) groups is 1. The zero-order valence-electron chi connectivity index (χ0n) is 13.1. The molecular formula is C17H24N2O2. The van der Waals surface area contributed by atoms with Gasteiger partial charge >= 0.3 is 6.09 Å². The standard InChI is InChI=1S/C17H24N2O2/c1-16(2,3)14-6-4-5-13(18-14)12-7-8-17(9-12)10-19(11-17)15(20)21/h4-6,12H,7-11H2,1-3H3,(H,20,21)/t12-/m1/s1. The molecule has 114 valence electrons. The van der Waals surface area contributed by atoms with E-state index >= 15 is 0 Å². The van der Waals surface area contributed by atoms with E-state index in [9.17, 15) is 4.79 Å². The van der Waals surface area contributed by atoms with Crippen molar-refractivity contribution in [2.24, 2.45) is 5.41 Å². The molecule has 1 aromatic heterocycles. The fraction of sp³-hybridized carbons (Fsp3) is 0.647. The van der Waals surface area contributed by atoms with Crippen LogP contribution in [-0.4, -0.2) is 34.2 Å². The third-order valence-electron chi connectivity index (χ3n) is 4.98. The SMILES string of the molecule is CC(C)(C)c1cccc([C@@H]2CCC3(C2)CN(C(=O)O)C3)n1. The molecule has 1 aliphatic heterocycles. The fourth-order valence-electron chi connectivity index (χ4n) is 3.74. The molecule has 0 aromatic carbocycles. The molecule has 1 atom stereocenters. The summed E-state index contributed by atoms with van der Waals surface area (Å²) in [7, 11) is 0. The largest absolute Gasteiger partial charge is 0.465 e. The van der Waals surface area contributed by atoms with E-state index in [1.54, 1.807) is 0 Å². The van der Waals surface area contributed by atoms with Crippen molar-refractivity contribution in [3.8, 4) is 0 Å². The molecule has 2 fully saturated rings.